The summed E-state index contributed by atoms with van der Waals surface area (Å²) < 4.78 is 25.2. The van der Waals surface area contributed by atoms with Crippen LogP contribution in [0.2, 0.25) is 0 Å². The fourth-order valence-corrected chi connectivity index (χ4v) is 4.97. The molecule has 9 nitrogen and oxygen atoms in total. The summed E-state index contributed by atoms with van der Waals surface area (Å²) in [4.78, 5) is 27.5. The first-order chi connectivity index (χ1) is 15.7. The van der Waals surface area contributed by atoms with E-state index in [0.717, 1.165) is 24.0 Å². The van der Waals surface area contributed by atoms with Crippen LogP contribution in [-0.4, -0.2) is 75.1 Å². The molecule has 11 heteroatoms. The molecule has 1 amide bonds. The van der Waals surface area contributed by atoms with E-state index in [1.165, 1.54) is 11.3 Å². The van der Waals surface area contributed by atoms with Crippen molar-refractivity contribution >= 4 is 23.4 Å². The van der Waals surface area contributed by atoms with Crippen LogP contribution >= 0.6 is 11.3 Å². The summed E-state index contributed by atoms with van der Waals surface area (Å²) in [5, 5.41) is 14.1. The minimum absolute atomic E-state index is 0.184. The number of anilines is 1. The summed E-state index contributed by atoms with van der Waals surface area (Å²) in [5.41, 5.74) is -0.333. The number of likely N-dealkylation sites (tertiary alicyclic amines) is 1. The number of nitrogens with one attached hydrogen (secondary N) is 1. The van der Waals surface area contributed by atoms with Gasteiger partial charge in [0.05, 0.1) is 34.8 Å². The number of halogens is 1. The number of aromatic nitrogens is 3. The lowest BCUT2D eigenvalue weighted by Gasteiger charge is -2.32. The molecule has 0 aliphatic carbocycles. The van der Waals surface area contributed by atoms with E-state index in [2.05, 4.69) is 20.3 Å². The molecule has 2 aromatic rings. The Morgan fingerprint density at radius 2 is 2.03 bits per heavy atom. The van der Waals surface area contributed by atoms with Crippen molar-refractivity contribution in [2.24, 2.45) is 0 Å². The first-order valence-corrected chi connectivity index (χ1v) is 12.0. The molecule has 0 radical (unpaired) electrons. The number of rotatable bonds is 4. The van der Waals surface area contributed by atoms with Crippen LogP contribution in [0.4, 0.5) is 15.1 Å². The van der Waals surface area contributed by atoms with E-state index >= 15 is 0 Å². The number of hydrogen-bond acceptors (Lipinski definition) is 9. The Morgan fingerprint density at radius 3 is 2.73 bits per heavy atom. The minimum atomic E-state index is -0.669. The molecule has 4 heterocycles. The number of carbonyl (C=O) groups is 1. The Hall–Kier alpha value is -2.37. The number of hydrogen-bond donors (Lipinski definition) is 2. The molecule has 2 aliphatic rings. The zero-order valence-electron chi connectivity index (χ0n) is 19.1. The molecule has 0 bridgehead atoms. The molecule has 2 N–H and O–H groups in total. The third kappa shape index (κ3) is 5.96. The van der Waals surface area contributed by atoms with Crippen LogP contribution in [0.5, 0.6) is 0 Å². The van der Waals surface area contributed by atoms with E-state index in [1.807, 2.05) is 20.8 Å². The van der Waals surface area contributed by atoms with E-state index in [0.29, 0.717) is 31.0 Å². The smallest absolute Gasteiger partial charge is 0.410 e. The second-order valence-corrected chi connectivity index (χ2v) is 10.4. The third-order valence-corrected chi connectivity index (χ3v) is 6.80. The number of carbonyl (C=O) groups excluding carboxylic acids is 1. The second-order valence-electron chi connectivity index (χ2n) is 9.38. The first-order valence-electron chi connectivity index (χ1n) is 11.2. The molecule has 180 valence electrons. The maximum atomic E-state index is 14.5. The Labute approximate surface area is 196 Å². The molecule has 2 atom stereocenters. The van der Waals surface area contributed by atoms with Crippen LogP contribution in [-0.2, 0) is 9.47 Å². The van der Waals surface area contributed by atoms with Gasteiger partial charge in [-0.1, -0.05) is 0 Å². The lowest BCUT2D eigenvalue weighted by molar-refractivity contribution is -0.0136. The van der Waals surface area contributed by atoms with Gasteiger partial charge >= 0.3 is 6.09 Å². The van der Waals surface area contributed by atoms with Crippen LogP contribution in [0.3, 0.4) is 0 Å². The molecule has 0 unspecified atom stereocenters. The summed E-state index contributed by atoms with van der Waals surface area (Å²) in [6, 6.07) is -0.246. The van der Waals surface area contributed by atoms with Crippen molar-refractivity contribution < 1.29 is 23.8 Å². The van der Waals surface area contributed by atoms with E-state index in [1.54, 1.807) is 11.1 Å². The van der Waals surface area contributed by atoms with Gasteiger partial charge in [0.2, 0.25) is 5.95 Å². The Morgan fingerprint density at radius 1 is 1.27 bits per heavy atom. The zero-order valence-corrected chi connectivity index (χ0v) is 19.9. The van der Waals surface area contributed by atoms with E-state index in [9.17, 15) is 14.3 Å². The van der Waals surface area contributed by atoms with E-state index < -0.39 is 17.5 Å². The molecule has 2 saturated heterocycles. The van der Waals surface area contributed by atoms with Gasteiger partial charge in [-0.15, -0.1) is 11.3 Å². The van der Waals surface area contributed by atoms with Crippen LogP contribution in [0, 0.1) is 5.82 Å². The number of piperidine rings is 1. The molecular weight excluding hydrogens is 449 g/mol. The van der Waals surface area contributed by atoms with Crippen molar-refractivity contribution in [1.82, 2.24) is 19.9 Å². The highest BCUT2D eigenvalue weighted by Crippen LogP contribution is 2.35. The normalized spacial score (nSPS) is 22.3. The number of ether oxygens (including phenoxy) is 2. The molecule has 2 aliphatic heterocycles. The number of amides is 1. The van der Waals surface area contributed by atoms with Gasteiger partial charge < -0.3 is 24.8 Å². The fourth-order valence-electron chi connectivity index (χ4n) is 3.89. The Balaban J connectivity index is 1.41. The molecule has 4 rings (SSSR count). The fraction of sp³-hybridized carbons (Fsp3) is 0.636. The number of nitrogens with zero attached hydrogens (tertiary/aromatic N) is 4. The topological polar surface area (TPSA) is 110 Å². The minimum Gasteiger partial charge on any atom is -0.444 e. The highest BCUT2D eigenvalue weighted by Gasteiger charge is 2.29. The van der Waals surface area contributed by atoms with Crippen LogP contribution in [0.15, 0.2) is 12.4 Å². The summed E-state index contributed by atoms with van der Waals surface area (Å²) in [5.74, 6) is -0.0664. The zero-order chi connectivity index (χ0) is 23.6. The molecule has 0 aromatic carbocycles. The standard InChI is InChI=1S/C22H30FN5O4S/c1-22(2,3)32-21(30)28-7-4-13(5-8-28)19-24-11-17(33-19)18-14(23)10-25-20(27-18)26-15-6-9-31-12-16(15)29/h10-11,13,15-16,29H,4-9,12H2,1-3H3,(H,25,26,27)/t15-,16-/m1/s1. The van der Waals surface area contributed by atoms with E-state index in [4.69, 9.17) is 9.47 Å². The Bertz CT molecular complexity index is 974. The van der Waals surface area contributed by atoms with Gasteiger partial charge in [-0.2, -0.15) is 0 Å². The van der Waals surface area contributed by atoms with Gasteiger partial charge in [0, 0.05) is 31.8 Å². The summed E-state index contributed by atoms with van der Waals surface area (Å²) in [6.07, 6.45) is 3.97. The summed E-state index contributed by atoms with van der Waals surface area (Å²) in [7, 11) is 0. The number of thiazole rings is 1. The number of aliphatic hydroxyl groups excluding tert-OH is 1. The average molecular weight is 480 g/mol. The van der Waals surface area contributed by atoms with Crippen molar-refractivity contribution in [3.63, 3.8) is 0 Å². The highest BCUT2D eigenvalue weighted by atomic mass is 32.1. The predicted octanol–water partition coefficient (Wildman–Crippen LogP) is 3.42. The average Bonchev–Trinajstić information content (AvgIpc) is 3.25. The van der Waals surface area contributed by atoms with Crippen molar-refractivity contribution in [1.29, 1.82) is 0 Å². The first kappa shape index (κ1) is 23.8. The maximum Gasteiger partial charge on any atom is 0.410 e. The molecule has 0 spiro atoms. The molecule has 0 saturated carbocycles. The largest absolute Gasteiger partial charge is 0.444 e. The lowest BCUT2D eigenvalue weighted by atomic mass is 9.98. The third-order valence-electron chi connectivity index (χ3n) is 5.64. The van der Waals surface area contributed by atoms with Crippen LogP contribution in [0.25, 0.3) is 10.6 Å². The van der Waals surface area contributed by atoms with Gasteiger partial charge in [-0.25, -0.2) is 24.1 Å². The maximum absolute atomic E-state index is 14.5. The van der Waals surface area contributed by atoms with Gasteiger partial charge in [-0.05, 0) is 40.0 Å². The van der Waals surface area contributed by atoms with Gasteiger partial charge in [-0.3, -0.25) is 0 Å². The monoisotopic (exact) mass is 479 g/mol. The Kier molecular flexibility index (Phi) is 7.10. The lowest BCUT2D eigenvalue weighted by Crippen LogP contribution is -2.42. The van der Waals surface area contributed by atoms with Gasteiger partial charge in [0.15, 0.2) is 5.82 Å². The number of aliphatic hydroxyl groups is 1. The predicted molar refractivity (Wildman–Crippen MR) is 122 cm³/mol. The summed E-state index contributed by atoms with van der Waals surface area (Å²) in [6.45, 7) is 7.54. The van der Waals surface area contributed by atoms with E-state index in [-0.39, 0.29) is 36.3 Å². The molecular formula is C22H30FN5O4S. The SMILES string of the molecule is CC(C)(C)OC(=O)N1CCC(c2ncc(-c3nc(N[C@@H]4CCOC[C@H]4O)ncc3F)s2)CC1. The van der Waals surface area contributed by atoms with Crippen molar-refractivity contribution in [2.75, 3.05) is 31.6 Å². The van der Waals surface area contributed by atoms with Crippen LogP contribution in [0.1, 0.15) is 51.0 Å². The quantitative estimate of drug-likeness (QED) is 0.687. The van der Waals surface area contributed by atoms with Crippen molar-refractivity contribution in [2.45, 2.75) is 63.7 Å². The second kappa shape index (κ2) is 9.86. The molecule has 2 aromatic heterocycles. The van der Waals surface area contributed by atoms with Gasteiger partial charge in [0.1, 0.15) is 11.3 Å². The van der Waals surface area contributed by atoms with Crippen molar-refractivity contribution in [3.8, 4) is 10.6 Å². The summed E-state index contributed by atoms with van der Waals surface area (Å²) >= 11 is 1.41. The molecule has 33 heavy (non-hydrogen) atoms. The van der Waals surface area contributed by atoms with Crippen LogP contribution < -0.4 is 5.32 Å². The molecule has 2 fully saturated rings. The van der Waals surface area contributed by atoms with Gasteiger partial charge in [0.25, 0.3) is 0 Å². The highest BCUT2D eigenvalue weighted by molar-refractivity contribution is 7.15. The van der Waals surface area contributed by atoms with Crippen molar-refractivity contribution in [3.05, 3.63) is 23.2 Å².